The second kappa shape index (κ2) is 4.93. The van der Waals surface area contributed by atoms with Crippen molar-refractivity contribution in [2.24, 2.45) is 18.7 Å². The van der Waals surface area contributed by atoms with Crippen molar-refractivity contribution in [3.8, 4) is 0 Å². The fraction of sp³-hybridized carbons (Fsp3) is 0.600. The molecule has 1 amide bonds. The SMILES string of the molecule is CC(CN)C(C)NC(=O)c1cncn1C. The van der Waals surface area contributed by atoms with Gasteiger partial charge in [0.05, 0.1) is 12.5 Å². The topological polar surface area (TPSA) is 72.9 Å². The Morgan fingerprint density at radius 1 is 1.67 bits per heavy atom. The van der Waals surface area contributed by atoms with E-state index in [0.29, 0.717) is 12.2 Å². The number of carbonyl (C=O) groups excluding carboxylic acids is 1. The average Bonchev–Trinajstić information content (AvgIpc) is 2.63. The molecule has 0 fully saturated rings. The van der Waals surface area contributed by atoms with Crippen LogP contribution in [0.4, 0.5) is 0 Å². The summed E-state index contributed by atoms with van der Waals surface area (Å²) >= 11 is 0. The van der Waals surface area contributed by atoms with Gasteiger partial charge in [-0.1, -0.05) is 6.92 Å². The van der Waals surface area contributed by atoms with Gasteiger partial charge in [-0.15, -0.1) is 0 Å². The van der Waals surface area contributed by atoms with E-state index in [1.54, 1.807) is 24.1 Å². The quantitative estimate of drug-likeness (QED) is 0.742. The number of nitrogens with one attached hydrogen (secondary N) is 1. The Kier molecular flexibility index (Phi) is 3.85. The molecule has 84 valence electrons. The minimum Gasteiger partial charge on any atom is -0.348 e. The monoisotopic (exact) mass is 210 g/mol. The molecule has 15 heavy (non-hydrogen) atoms. The summed E-state index contributed by atoms with van der Waals surface area (Å²) in [5.74, 6) is 0.157. The van der Waals surface area contributed by atoms with Crippen molar-refractivity contribution in [1.29, 1.82) is 0 Å². The van der Waals surface area contributed by atoms with Gasteiger partial charge in [0.1, 0.15) is 5.69 Å². The van der Waals surface area contributed by atoms with Crippen LogP contribution >= 0.6 is 0 Å². The first-order chi connectivity index (χ1) is 7.06. The van der Waals surface area contributed by atoms with Crippen LogP contribution in [0.3, 0.4) is 0 Å². The van der Waals surface area contributed by atoms with Gasteiger partial charge < -0.3 is 15.6 Å². The van der Waals surface area contributed by atoms with Gasteiger partial charge in [-0.2, -0.15) is 0 Å². The largest absolute Gasteiger partial charge is 0.348 e. The molecule has 5 nitrogen and oxygen atoms in total. The molecule has 1 aromatic heterocycles. The van der Waals surface area contributed by atoms with E-state index in [1.165, 1.54) is 0 Å². The first-order valence-corrected chi connectivity index (χ1v) is 5.03. The van der Waals surface area contributed by atoms with Gasteiger partial charge in [0, 0.05) is 13.1 Å². The van der Waals surface area contributed by atoms with Crippen molar-refractivity contribution in [3.05, 3.63) is 18.2 Å². The summed E-state index contributed by atoms with van der Waals surface area (Å²) in [6.45, 7) is 4.52. The number of hydrogen-bond acceptors (Lipinski definition) is 3. The van der Waals surface area contributed by atoms with Crippen LogP contribution in [-0.2, 0) is 7.05 Å². The van der Waals surface area contributed by atoms with Crippen molar-refractivity contribution in [2.45, 2.75) is 19.9 Å². The number of imidazole rings is 1. The summed E-state index contributed by atoms with van der Waals surface area (Å²) in [6.07, 6.45) is 3.15. The van der Waals surface area contributed by atoms with Gasteiger partial charge in [0.15, 0.2) is 0 Å². The number of aromatic nitrogens is 2. The van der Waals surface area contributed by atoms with Crippen LogP contribution in [-0.4, -0.2) is 28.0 Å². The standard InChI is InChI=1S/C10H18N4O/c1-7(4-11)8(2)13-10(15)9-5-12-6-14(9)3/h5-8H,4,11H2,1-3H3,(H,13,15). The van der Waals surface area contributed by atoms with Gasteiger partial charge in [-0.25, -0.2) is 4.98 Å². The lowest BCUT2D eigenvalue weighted by atomic mass is 10.0. The van der Waals surface area contributed by atoms with Gasteiger partial charge in [0.25, 0.3) is 5.91 Å². The van der Waals surface area contributed by atoms with Crippen LogP contribution in [0.15, 0.2) is 12.5 Å². The van der Waals surface area contributed by atoms with Crippen molar-refractivity contribution >= 4 is 5.91 Å². The number of aryl methyl sites for hydroxylation is 1. The van der Waals surface area contributed by atoms with E-state index in [-0.39, 0.29) is 17.9 Å². The fourth-order valence-corrected chi connectivity index (χ4v) is 1.20. The lowest BCUT2D eigenvalue weighted by Gasteiger charge is -2.19. The second-order valence-corrected chi connectivity index (χ2v) is 3.86. The zero-order valence-electron chi connectivity index (χ0n) is 9.40. The number of amides is 1. The summed E-state index contributed by atoms with van der Waals surface area (Å²) in [7, 11) is 1.79. The van der Waals surface area contributed by atoms with Crippen LogP contribution in [0.5, 0.6) is 0 Å². The van der Waals surface area contributed by atoms with Gasteiger partial charge in [0.2, 0.25) is 0 Å². The fourth-order valence-electron chi connectivity index (χ4n) is 1.20. The predicted molar refractivity (Wildman–Crippen MR) is 58.4 cm³/mol. The third kappa shape index (κ3) is 2.79. The molecule has 0 radical (unpaired) electrons. The van der Waals surface area contributed by atoms with Crippen molar-refractivity contribution < 1.29 is 4.79 Å². The van der Waals surface area contributed by atoms with E-state index >= 15 is 0 Å². The molecule has 0 saturated carbocycles. The molecule has 1 heterocycles. The molecule has 5 heteroatoms. The van der Waals surface area contributed by atoms with Crippen LogP contribution < -0.4 is 11.1 Å². The van der Waals surface area contributed by atoms with Crippen molar-refractivity contribution in [3.63, 3.8) is 0 Å². The van der Waals surface area contributed by atoms with E-state index < -0.39 is 0 Å². The normalized spacial score (nSPS) is 14.7. The predicted octanol–water partition coefficient (Wildman–Crippen LogP) is 0.133. The first-order valence-electron chi connectivity index (χ1n) is 5.03. The maximum absolute atomic E-state index is 11.7. The van der Waals surface area contributed by atoms with Gasteiger partial charge in [-0.05, 0) is 19.4 Å². The second-order valence-electron chi connectivity index (χ2n) is 3.86. The van der Waals surface area contributed by atoms with Crippen LogP contribution in [0, 0.1) is 5.92 Å². The number of nitrogens with zero attached hydrogens (tertiary/aromatic N) is 2. The Morgan fingerprint density at radius 2 is 2.33 bits per heavy atom. The lowest BCUT2D eigenvalue weighted by molar-refractivity contribution is 0.0921. The number of nitrogens with two attached hydrogens (primary N) is 1. The molecule has 1 rings (SSSR count). The van der Waals surface area contributed by atoms with E-state index in [9.17, 15) is 4.79 Å². The third-order valence-corrected chi connectivity index (χ3v) is 2.63. The molecule has 2 unspecified atom stereocenters. The van der Waals surface area contributed by atoms with Gasteiger partial charge in [-0.3, -0.25) is 4.79 Å². The molecule has 0 aliphatic rings. The molecule has 3 N–H and O–H groups in total. The Bertz CT molecular complexity index is 334. The summed E-state index contributed by atoms with van der Waals surface area (Å²) in [4.78, 5) is 15.6. The minimum atomic E-state index is -0.109. The zero-order chi connectivity index (χ0) is 11.4. The van der Waals surface area contributed by atoms with E-state index in [2.05, 4.69) is 10.3 Å². The van der Waals surface area contributed by atoms with E-state index in [0.717, 1.165) is 0 Å². The Balaban J connectivity index is 2.60. The highest BCUT2D eigenvalue weighted by Crippen LogP contribution is 2.02. The smallest absolute Gasteiger partial charge is 0.269 e. The van der Waals surface area contributed by atoms with Crippen molar-refractivity contribution in [2.75, 3.05) is 6.54 Å². The Morgan fingerprint density at radius 3 is 2.80 bits per heavy atom. The summed E-state index contributed by atoms with van der Waals surface area (Å²) < 4.78 is 1.69. The molecule has 0 spiro atoms. The number of carbonyl (C=O) groups is 1. The summed E-state index contributed by atoms with van der Waals surface area (Å²) in [5.41, 5.74) is 6.09. The van der Waals surface area contributed by atoms with E-state index in [1.807, 2.05) is 13.8 Å². The molecule has 0 saturated heterocycles. The first kappa shape index (κ1) is 11.7. The minimum absolute atomic E-state index is 0.0670. The van der Waals surface area contributed by atoms with E-state index in [4.69, 9.17) is 5.73 Å². The lowest BCUT2D eigenvalue weighted by Crippen LogP contribution is -2.40. The van der Waals surface area contributed by atoms with Gasteiger partial charge >= 0.3 is 0 Å². The molecular formula is C10H18N4O. The highest BCUT2D eigenvalue weighted by atomic mass is 16.2. The molecule has 0 aromatic carbocycles. The van der Waals surface area contributed by atoms with Crippen molar-refractivity contribution in [1.82, 2.24) is 14.9 Å². The molecule has 0 aliphatic carbocycles. The summed E-state index contributed by atoms with van der Waals surface area (Å²) in [5, 5.41) is 2.89. The maximum atomic E-state index is 11.7. The van der Waals surface area contributed by atoms with Crippen LogP contribution in [0.2, 0.25) is 0 Å². The number of hydrogen-bond donors (Lipinski definition) is 2. The molecule has 1 aromatic rings. The Labute approximate surface area is 89.7 Å². The molecule has 2 atom stereocenters. The molecule has 0 bridgehead atoms. The van der Waals surface area contributed by atoms with Crippen LogP contribution in [0.1, 0.15) is 24.3 Å². The zero-order valence-corrected chi connectivity index (χ0v) is 9.40. The highest BCUT2D eigenvalue weighted by molar-refractivity contribution is 5.92. The average molecular weight is 210 g/mol. The molecule has 0 aliphatic heterocycles. The third-order valence-electron chi connectivity index (χ3n) is 2.63. The number of rotatable bonds is 4. The highest BCUT2D eigenvalue weighted by Gasteiger charge is 2.16. The Hall–Kier alpha value is -1.36. The molecular weight excluding hydrogens is 192 g/mol. The summed E-state index contributed by atoms with van der Waals surface area (Å²) in [6, 6.07) is 0.0670. The maximum Gasteiger partial charge on any atom is 0.269 e. The van der Waals surface area contributed by atoms with Crippen LogP contribution in [0.25, 0.3) is 0 Å².